The Morgan fingerprint density at radius 3 is 2.45 bits per heavy atom. The van der Waals surface area contributed by atoms with Gasteiger partial charge in [-0.15, -0.1) is 0 Å². The molecule has 22 heavy (non-hydrogen) atoms. The number of benzene rings is 1. The molecule has 1 atom stereocenters. The van der Waals surface area contributed by atoms with E-state index in [2.05, 4.69) is 0 Å². The van der Waals surface area contributed by atoms with E-state index in [1.54, 1.807) is 36.0 Å². The molecule has 1 aliphatic rings. The van der Waals surface area contributed by atoms with Crippen LogP contribution in [0.1, 0.15) is 12.0 Å². The lowest BCUT2D eigenvalue weighted by Crippen LogP contribution is -2.41. The van der Waals surface area contributed by atoms with Crippen LogP contribution in [0.5, 0.6) is 0 Å². The second kappa shape index (κ2) is 6.75. The number of hydrogen-bond donors (Lipinski definition) is 0. The van der Waals surface area contributed by atoms with Crippen molar-refractivity contribution in [2.24, 2.45) is 0 Å². The Morgan fingerprint density at radius 1 is 1.27 bits per heavy atom. The lowest BCUT2D eigenvalue weighted by Gasteiger charge is -2.25. The molecule has 0 aliphatic carbocycles. The number of carbonyl (C=O) groups is 1. The summed E-state index contributed by atoms with van der Waals surface area (Å²) in [5.41, 5.74) is 0.850. The molecule has 122 valence electrons. The Bertz CT molecular complexity index is 631. The van der Waals surface area contributed by atoms with Gasteiger partial charge < -0.3 is 4.90 Å². The van der Waals surface area contributed by atoms with E-state index in [-0.39, 0.29) is 35.8 Å². The average molecular weight is 328 g/mol. The maximum atomic E-state index is 12.9. The van der Waals surface area contributed by atoms with Crippen LogP contribution in [0.4, 0.5) is 4.39 Å². The van der Waals surface area contributed by atoms with Crippen molar-refractivity contribution >= 4 is 15.7 Å². The normalized spacial score (nSPS) is 20.3. The number of halogens is 1. The fraction of sp³-hybridized carbons (Fsp3) is 0.533. The third-order valence-electron chi connectivity index (χ3n) is 3.98. The van der Waals surface area contributed by atoms with Crippen LogP contribution in [0.3, 0.4) is 0 Å². The fourth-order valence-corrected chi connectivity index (χ4v) is 4.34. The van der Waals surface area contributed by atoms with E-state index in [9.17, 15) is 17.6 Å². The first-order valence-corrected chi connectivity index (χ1v) is 8.98. The van der Waals surface area contributed by atoms with Crippen LogP contribution < -0.4 is 0 Å². The van der Waals surface area contributed by atoms with Crippen molar-refractivity contribution < 1.29 is 17.6 Å². The van der Waals surface area contributed by atoms with E-state index in [4.69, 9.17) is 0 Å². The van der Waals surface area contributed by atoms with Gasteiger partial charge in [0.05, 0.1) is 18.1 Å². The SMILES string of the molecule is CN(Cc1ccc(F)cc1)C(=O)CN(C)C1CCS(=O)(=O)C1. The molecule has 0 saturated carbocycles. The molecule has 0 spiro atoms. The standard InChI is InChI=1S/C15H21FN2O3S/c1-17(14-7-8-22(20,21)11-14)10-15(19)18(2)9-12-3-5-13(16)6-4-12/h3-6,14H,7-11H2,1-2H3. The summed E-state index contributed by atoms with van der Waals surface area (Å²) in [4.78, 5) is 15.6. The maximum Gasteiger partial charge on any atom is 0.236 e. The van der Waals surface area contributed by atoms with Crippen LogP contribution in [-0.2, 0) is 21.2 Å². The molecular formula is C15H21FN2O3S. The largest absolute Gasteiger partial charge is 0.340 e. The van der Waals surface area contributed by atoms with Crippen LogP contribution in [0.2, 0.25) is 0 Å². The lowest BCUT2D eigenvalue weighted by atomic mass is 10.2. The van der Waals surface area contributed by atoms with Gasteiger partial charge in [-0.3, -0.25) is 9.69 Å². The highest BCUT2D eigenvalue weighted by Crippen LogP contribution is 2.16. The first-order chi connectivity index (χ1) is 10.3. The molecule has 1 aliphatic heterocycles. The third-order valence-corrected chi connectivity index (χ3v) is 5.73. The third kappa shape index (κ3) is 4.51. The van der Waals surface area contributed by atoms with Crippen LogP contribution in [0, 0.1) is 5.82 Å². The first-order valence-electron chi connectivity index (χ1n) is 7.16. The monoisotopic (exact) mass is 328 g/mol. The molecule has 0 radical (unpaired) electrons. The first kappa shape index (κ1) is 16.9. The van der Waals surface area contributed by atoms with Gasteiger partial charge in [0.25, 0.3) is 0 Å². The molecule has 0 bridgehead atoms. The summed E-state index contributed by atoms with van der Waals surface area (Å²) in [6.45, 7) is 0.577. The van der Waals surface area contributed by atoms with Crippen molar-refractivity contribution in [2.75, 3.05) is 32.1 Å². The molecule has 1 saturated heterocycles. The number of nitrogens with zero attached hydrogens (tertiary/aromatic N) is 2. The molecule has 0 aromatic heterocycles. The summed E-state index contributed by atoms with van der Waals surface area (Å²) < 4.78 is 35.8. The molecular weight excluding hydrogens is 307 g/mol. The summed E-state index contributed by atoms with van der Waals surface area (Å²) in [5.74, 6) is -0.0730. The Balaban J connectivity index is 1.87. The highest BCUT2D eigenvalue weighted by atomic mass is 32.2. The van der Waals surface area contributed by atoms with Crippen molar-refractivity contribution in [1.29, 1.82) is 0 Å². The predicted octanol–water partition coefficient (Wildman–Crippen LogP) is 0.903. The van der Waals surface area contributed by atoms with Gasteiger partial charge >= 0.3 is 0 Å². The predicted molar refractivity (Wildman–Crippen MR) is 82.6 cm³/mol. The van der Waals surface area contributed by atoms with Crippen molar-refractivity contribution in [3.8, 4) is 0 Å². The minimum atomic E-state index is -2.95. The Labute approximate surface area is 130 Å². The molecule has 7 heteroatoms. The highest BCUT2D eigenvalue weighted by molar-refractivity contribution is 7.91. The molecule has 1 aromatic carbocycles. The van der Waals surface area contributed by atoms with Gasteiger partial charge in [0.2, 0.25) is 5.91 Å². The zero-order chi connectivity index (χ0) is 16.3. The second-order valence-corrected chi connectivity index (χ2v) is 8.08. The van der Waals surface area contributed by atoms with Crippen molar-refractivity contribution in [2.45, 2.75) is 19.0 Å². The molecule has 1 fully saturated rings. The molecule has 1 unspecified atom stereocenters. The smallest absolute Gasteiger partial charge is 0.236 e. The van der Waals surface area contributed by atoms with E-state index in [0.29, 0.717) is 13.0 Å². The fourth-order valence-electron chi connectivity index (χ4n) is 2.54. The molecule has 5 nitrogen and oxygen atoms in total. The molecule has 1 amide bonds. The van der Waals surface area contributed by atoms with E-state index in [1.165, 1.54) is 12.1 Å². The van der Waals surface area contributed by atoms with Gasteiger partial charge in [-0.05, 0) is 31.2 Å². The summed E-state index contributed by atoms with van der Waals surface area (Å²) >= 11 is 0. The van der Waals surface area contributed by atoms with Crippen molar-refractivity contribution in [1.82, 2.24) is 9.80 Å². The van der Waals surface area contributed by atoms with Crippen molar-refractivity contribution in [3.05, 3.63) is 35.6 Å². The van der Waals surface area contributed by atoms with E-state index < -0.39 is 9.84 Å². The van der Waals surface area contributed by atoms with Gasteiger partial charge in [-0.2, -0.15) is 0 Å². The number of hydrogen-bond acceptors (Lipinski definition) is 4. The zero-order valence-electron chi connectivity index (χ0n) is 12.8. The van der Waals surface area contributed by atoms with Gasteiger partial charge in [0, 0.05) is 19.6 Å². The number of carbonyl (C=O) groups excluding carboxylic acids is 1. The Morgan fingerprint density at radius 2 is 1.91 bits per heavy atom. The number of likely N-dealkylation sites (N-methyl/N-ethyl adjacent to an activating group) is 2. The highest BCUT2D eigenvalue weighted by Gasteiger charge is 2.31. The second-order valence-electron chi connectivity index (χ2n) is 5.85. The van der Waals surface area contributed by atoms with Gasteiger partial charge in [-0.25, -0.2) is 12.8 Å². The Hall–Kier alpha value is -1.47. The molecule has 2 rings (SSSR count). The Kier molecular flexibility index (Phi) is 5.18. The molecule has 1 heterocycles. The minimum Gasteiger partial charge on any atom is -0.340 e. The summed E-state index contributed by atoms with van der Waals surface area (Å²) in [6, 6.07) is 5.93. The number of rotatable bonds is 5. The van der Waals surface area contributed by atoms with Crippen LogP contribution >= 0.6 is 0 Å². The summed E-state index contributed by atoms with van der Waals surface area (Å²) in [6.07, 6.45) is 0.577. The summed E-state index contributed by atoms with van der Waals surface area (Å²) in [7, 11) is 0.507. The van der Waals surface area contributed by atoms with Gasteiger partial charge in [0.1, 0.15) is 5.82 Å². The quantitative estimate of drug-likeness (QED) is 0.806. The topological polar surface area (TPSA) is 57.7 Å². The average Bonchev–Trinajstić information content (AvgIpc) is 2.81. The van der Waals surface area contributed by atoms with Gasteiger partial charge in [-0.1, -0.05) is 12.1 Å². The molecule has 0 N–H and O–H groups in total. The maximum absolute atomic E-state index is 12.9. The van der Waals surface area contributed by atoms with E-state index >= 15 is 0 Å². The minimum absolute atomic E-state index is 0.0869. The molecule has 1 aromatic rings. The number of amides is 1. The zero-order valence-corrected chi connectivity index (χ0v) is 13.6. The van der Waals surface area contributed by atoms with Crippen LogP contribution in [0.15, 0.2) is 24.3 Å². The summed E-state index contributed by atoms with van der Waals surface area (Å²) in [5, 5.41) is 0. The van der Waals surface area contributed by atoms with E-state index in [0.717, 1.165) is 5.56 Å². The lowest BCUT2D eigenvalue weighted by molar-refractivity contribution is -0.131. The van der Waals surface area contributed by atoms with Crippen LogP contribution in [-0.4, -0.2) is 62.3 Å². The van der Waals surface area contributed by atoms with Gasteiger partial charge in [0.15, 0.2) is 9.84 Å². The van der Waals surface area contributed by atoms with Crippen LogP contribution in [0.25, 0.3) is 0 Å². The van der Waals surface area contributed by atoms with E-state index in [1.807, 2.05) is 0 Å². The van der Waals surface area contributed by atoms with Crippen molar-refractivity contribution in [3.63, 3.8) is 0 Å². The number of sulfone groups is 1.